The highest BCUT2D eigenvalue weighted by Gasteiger charge is 2.07. The predicted octanol–water partition coefficient (Wildman–Crippen LogP) is 4.98. The zero-order valence-electron chi connectivity index (χ0n) is 11.1. The third-order valence-corrected chi connectivity index (χ3v) is 4.01. The number of nitrogens with one attached hydrogen (secondary N) is 1. The molecule has 0 aliphatic carbocycles. The SMILES string of the molecule is NC(=S)c1ccc(Nc2cccc(Br)c2)c2ccccc12. The molecule has 0 unspecified atom stereocenters. The van der Waals surface area contributed by atoms with Crippen LogP contribution in [-0.2, 0) is 0 Å². The van der Waals surface area contributed by atoms with E-state index in [0.29, 0.717) is 4.99 Å². The van der Waals surface area contributed by atoms with Crippen LogP contribution in [-0.4, -0.2) is 4.99 Å². The van der Waals surface area contributed by atoms with Crippen molar-refractivity contribution in [1.29, 1.82) is 0 Å². The van der Waals surface area contributed by atoms with Gasteiger partial charge in [-0.3, -0.25) is 0 Å². The van der Waals surface area contributed by atoms with Crippen LogP contribution in [0.5, 0.6) is 0 Å². The number of hydrogen-bond donors (Lipinski definition) is 2. The second kappa shape index (κ2) is 5.84. The van der Waals surface area contributed by atoms with Gasteiger partial charge in [0.15, 0.2) is 0 Å². The predicted molar refractivity (Wildman–Crippen MR) is 97.3 cm³/mol. The molecule has 0 aliphatic heterocycles. The molecule has 2 nitrogen and oxygen atoms in total. The Morgan fingerprint density at radius 1 is 0.952 bits per heavy atom. The van der Waals surface area contributed by atoms with Crippen LogP contribution in [0.1, 0.15) is 5.56 Å². The van der Waals surface area contributed by atoms with Crippen LogP contribution in [0.2, 0.25) is 0 Å². The quantitative estimate of drug-likeness (QED) is 0.650. The summed E-state index contributed by atoms with van der Waals surface area (Å²) in [6.07, 6.45) is 0. The maximum absolute atomic E-state index is 5.81. The van der Waals surface area contributed by atoms with Crippen LogP contribution < -0.4 is 11.1 Å². The molecule has 3 aromatic rings. The fourth-order valence-electron chi connectivity index (χ4n) is 2.34. The molecule has 0 fully saturated rings. The summed E-state index contributed by atoms with van der Waals surface area (Å²) in [7, 11) is 0. The first-order valence-electron chi connectivity index (χ1n) is 6.49. The molecule has 0 saturated heterocycles. The third kappa shape index (κ3) is 2.91. The zero-order chi connectivity index (χ0) is 14.8. The van der Waals surface area contributed by atoms with Crippen molar-refractivity contribution < 1.29 is 0 Å². The largest absolute Gasteiger partial charge is 0.389 e. The molecule has 0 radical (unpaired) electrons. The molecule has 0 amide bonds. The van der Waals surface area contributed by atoms with Crippen LogP contribution in [0.25, 0.3) is 10.8 Å². The average molecular weight is 357 g/mol. The highest BCUT2D eigenvalue weighted by atomic mass is 79.9. The first-order chi connectivity index (χ1) is 10.1. The Kier molecular flexibility index (Phi) is 3.90. The molecule has 104 valence electrons. The van der Waals surface area contributed by atoms with Crippen molar-refractivity contribution in [2.24, 2.45) is 5.73 Å². The molecular formula is C17H13BrN2S. The second-order valence-electron chi connectivity index (χ2n) is 4.71. The zero-order valence-corrected chi connectivity index (χ0v) is 13.5. The Bertz CT molecular complexity index is 830. The minimum atomic E-state index is 0.417. The van der Waals surface area contributed by atoms with Crippen molar-refractivity contribution in [3.63, 3.8) is 0 Å². The average Bonchev–Trinajstić information content (AvgIpc) is 2.47. The Hall–Kier alpha value is -1.91. The van der Waals surface area contributed by atoms with E-state index < -0.39 is 0 Å². The lowest BCUT2D eigenvalue weighted by Crippen LogP contribution is -2.10. The van der Waals surface area contributed by atoms with Crippen LogP contribution in [0, 0.1) is 0 Å². The number of halogens is 1. The first kappa shape index (κ1) is 14.0. The molecule has 3 aromatic carbocycles. The minimum absolute atomic E-state index is 0.417. The molecule has 0 bridgehead atoms. The molecule has 0 aromatic heterocycles. The van der Waals surface area contributed by atoms with E-state index in [-0.39, 0.29) is 0 Å². The molecule has 0 heterocycles. The summed E-state index contributed by atoms with van der Waals surface area (Å²) in [4.78, 5) is 0.417. The van der Waals surface area contributed by atoms with E-state index in [1.807, 2.05) is 54.6 Å². The van der Waals surface area contributed by atoms with E-state index in [2.05, 4.69) is 27.3 Å². The van der Waals surface area contributed by atoms with E-state index in [9.17, 15) is 0 Å². The Labute approximate surface area is 137 Å². The molecule has 4 heteroatoms. The van der Waals surface area contributed by atoms with Crippen LogP contribution in [0.15, 0.2) is 65.1 Å². The van der Waals surface area contributed by atoms with E-state index in [1.165, 1.54) is 0 Å². The summed E-state index contributed by atoms with van der Waals surface area (Å²) in [5.74, 6) is 0. The molecule has 3 rings (SSSR count). The van der Waals surface area contributed by atoms with Crippen LogP contribution >= 0.6 is 28.1 Å². The van der Waals surface area contributed by atoms with Crippen molar-refractivity contribution in [2.75, 3.05) is 5.32 Å². The van der Waals surface area contributed by atoms with Crippen LogP contribution in [0.4, 0.5) is 11.4 Å². The minimum Gasteiger partial charge on any atom is -0.389 e. The second-order valence-corrected chi connectivity index (χ2v) is 6.06. The fourth-order valence-corrected chi connectivity index (χ4v) is 2.92. The molecular weight excluding hydrogens is 344 g/mol. The first-order valence-corrected chi connectivity index (χ1v) is 7.69. The number of thiocarbonyl (C=S) groups is 1. The molecule has 0 atom stereocenters. The number of nitrogens with two attached hydrogens (primary N) is 1. The van der Waals surface area contributed by atoms with E-state index in [1.54, 1.807) is 0 Å². The smallest absolute Gasteiger partial charge is 0.104 e. The summed E-state index contributed by atoms with van der Waals surface area (Å²) in [5.41, 5.74) is 8.77. The number of hydrogen-bond acceptors (Lipinski definition) is 2. The fraction of sp³-hybridized carbons (Fsp3) is 0. The normalized spacial score (nSPS) is 10.5. The summed E-state index contributed by atoms with van der Waals surface area (Å²) >= 11 is 8.61. The van der Waals surface area contributed by atoms with Gasteiger partial charge >= 0.3 is 0 Å². The number of benzene rings is 3. The number of fused-ring (bicyclic) bond motifs is 1. The number of anilines is 2. The van der Waals surface area contributed by atoms with Gasteiger partial charge in [-0.2, -0.15) is 0 Å². The number of rotatable bonds is 3. The van der Waals surface area contributed by atoms with Crippen molar-refractivity contribution in [2.45, 2.75) is 0 Å². The van der Waals surface area contributed by atoms with Crippen molar-refractivity contribution in [3.05, 3.63) is 70.7 Å². The van der Waals surface area contributed by atoms with E-state index in [4.69, 9.17) is 18.0 Å². The van der Waals surface area contributed by atoms with Crippen molar-refractivity contribution in [3.8, 4) is 0 Å². The van der Waals surface area contributed by atoms with Crippen molar-refractivity contribution in [1.82, 2.24) is 0 Å². The lowest BCUT2D eigenvalue weighted by Gasteiger charge is -2.13. The Balaban J connectivity index is 2.12. The Morgan fingerprint density at radius 2 is 1.71 bits per heavy atom. The molecule has 0 spiro atoms. The van der Waals surface area contributed by atoms with Gasteiger partial charge in [-0.25, -0.2) is 0 Å². The monoisotopic (exact) mass is 356 g/mol. The maximum Gasteiger partial charge on any atom is 0.104 e. The lowest BCUT2D eigenvalue weighted by molar-refractivity contribution is 1.55. The topological polar surface area (TPSA) is 38.0 Å². The molecule has 21 heavy (non-hydrogen) atoms. The van der Waals surface area contributed by atoms with Gasteiger partial charge in [-0.15, -0.1) is 0 Å². The van der Waals surface area contributed by atoms with Gasteiger partial charge in [-0.05, 0) is 35.7 Å². The van der Waals surface area contributed by atoms with Gasteiger partial charge in [-0.1, -0.05) is 58.5 Å². The van der Waals surface area contributed by atoms with Gasteiger partial charge in [0, 0.05) is 26.8 Å². The summed E-state index contributed by atoms with van der Waals surface area (Å²) in [6, 6.07) is 20.1. The maximum atomic E-state index is 5.81. The van der Waals surface area contributed by atoms with Gasteiger partial charge < -0.3 is 11.1 Å². The molecule has 0 saturated carbocycles. The van der Waals surface area contributed by atoms with Crippen molar-refractivity contribution >= 4 is 55.3 Å². The van der Waals surface area contributed by atoms with Crippen LogP contribution in [0.3, 0.4) is 0 Å². The Morgan fingerprint density at radius 3 is 2.43 bits per heavy atom. The van der Waals surface area contributed by atoms with E-state index in [0.717, 1.165) is 32.2 Å². The summed E-state index contributed by atoms with van der Waals surface area (Å²) in [6.45, 7) is 0. The lowest BCUT2D eigenvalue weighted by atomic mass is 10.0. The van der Waals surface area contributed by atoms with E-state index >= 15 is 0 Å². The summed E-state index contributed by atoms with van der Waals surface area (Å²) < 4.78 is 1.04. The van der Waals surface area contributed by atoms with Gasteiger partial charge in [0.25, 0.3) is 0 Å². The summed E-state index contributed by atoms with van der Waals surface area (Å²) in [5, 5.41) is 5.60. The standard InChI is InChI=1S/C17H13BrN2S/c18-11-4-3-5-12(10-11)20-16-9-8-15(17(19)21)13-6-1-2-7-14(13)16/h1-10,20H,(H2,19,21). The van der Waals surface area contributed by atoms with Gasteiger partial charge in [0.2, 0.25) is 0 Å². The van der Waals surface area contributed by atoms with Gasteiger partial charge in [0.1, 0.15) is 4.99 Å². The highest BCUT2D eigenvalue weighted by Crippen LogP contribution is 2.29. The molecule has 3 N–H and O–H groups in total. The highest BCUT2D eigenvalue weighted by molar-refractivity contribution is 9.10. The molecule has 0 aliphatic rings. The van der Waals surface area contributed by atoms with Gasteiger partial charge in [0.05, 0.1) is 0 Å². The third-order valence-electron chi connectivity index (χ3n) is 3.29.